The zero-order valence-corrected chi connectivity index (χ0v) is 20.1. The molecule has 2 aliphatic rings. The van der Waals surface area contributed by atoms with Crippen molar-refractivity contribution < 1.29 is 24.1 Å². The molecule has 162 valence electrons. The predicted octanol–water partition coefficient (Wildman–Crippen LogP) is 5.52. The van der Waals surface area contributed by atoms with E-state index in [4.69, 9.17) is 16.3 Å². The highest BCUT2D eigenvalue weighted by Gasteiger charge is 2.35. The summed E-state index contributed by atoms with van der Waals surface area (Å²) in [6, 6.07) is 4.46. The summed E-state index contributed by atoms with van der Waals surface area (Å²) >= 11 is 13.1. The van der Waals surface area contributed by atoms with Crippen molar-refractivity contribution >= 4 is 49.4 Å². The molecule has 2 aliphatic carbocycles. The van der Waals surface area contributed by atoms with E-state index < -0.39 is 23.6 Å². The molecular formula is C21H21Br2ClFNO4. The summed E-state index contributed by atoms with van der Waals surface area (Å²) in [5, 5.41) is 23.4. The van der Waals surface area contributed by atoms with Crippen molar-refractivity contribution in [2.45, 2.75) is 51.0 Å². The maximum absolute atomic E-state index is 14.0. The van der Waals surface area contributed by atoms with E-state index >= 15 is 0 Å². The van der Waals surface area contributed by atoms with Crippen LogP contribution in [0.3, 0.4) is 0 Å². The number of carboxylic acid groups (broad SMARTS) is 1. The molecule has 0 bridgehead atoms. The zero-order valence-electron chi connectivity index (χ0n) is 16.1. The molecule has 0 spiro atoms. The van der Waals surface area contributed by atoms with Crippen LogP contribution in [-0.2, 0) is 16.1 Å². The van der Waals surface area contributed by atoms with Gasteiger partial charge < -0.3 is 14.9 Å². The van der Waals surface area contributed by atoms with Crippen molar-refractivity contribution in [3.63, 3.8) is 0 Å². The van der Waals surface area contributed by atoms with E-state index in [0.29, 0.717) is 46.0 Å². The maximum atomic E-state index is 14.0. The molecule has 1 aromatic carbocycles. The van der Waals surface area contributed by atoms with Gasteiger partial charge in [0.1, 0.15) is 24.4 Å². The second kappa shape index (κ2) is 9.53. The number of aliphatic carboxylic acids is 1. The van der Waals surface area contributed by atoms with Crippen molar-refractivity contribution in [2.24, 2.45) is 0 Å². The number of ether oxygens (including phenoxy) is 1. The highest BCUT2D eigenvalue weighted by molar-refractivity contribution is 9.12. The van der Waals surface area contributed by atoms with E-state index in [1.54, 1.807) is 6.07 Å². The molecule has 30 heavy (non-hydrogen) atoms. The van der Waals surface area contributed by atoms with Gasteiger partial charge >= 0.3 is 5.97 Å². The van der Waals surface area contributed by atoms with E-state index in [1.807, 2.05) is 13.0 Å². The Morgan fingerprint density at radius 2 is 2.13 bits per heavy atom. The number of halogens is 4. The lowest BCUT2D eigenvalue weighted by Gasteiger charge is -2.35. The summed E-state index contributed by atoms with van der Waals surface area (Å²) in [5.41, 5.74) is 0.393. The summed E-state index contributed by atoms with van der Waals surface area (Å²) in [5.74, 6) is -0.921. The quantitative estimate of drug-likeness (QED) is 0.380. The highest BCUT2D eigenvalue weighted by atomic mass is 79.9. The van der Waals surface area contributed by atoms with Gasteiger partial charge in [-0.05, 0) is 65.9 Å². The number of carboxylic acids is 1. The van der Waals surface area contributed by atoms with E-state index in [2.05, 4.69) is 37.2 Å². The lowest BCUT2D eigenvalue weighted by Crippen LogP contribution is -2.49. The number of rotatable bonds is 7. The highest BCUT2D eigenvalue weighted by Crippen LogP contribution is 2.40. The molecule has 0 saturated carbocycles. The summed E-state index contributed by atoms with van der Waals surface area (Å²) in [4.78, 5) is 11.4. The predicted molar refractivity (Wildman–Crippen MR) is 120 cm³/mol. The van der Waals surface area contributed by atoms with Crippen LogP contribution in [0, 0.1) is 5.82 Å². The average molecular weight is 566 g/mol. The average Bonchev–Trinajstić information content (AvgIpc) is 3.13. The lowest BCUT2D eigenvalue weighted by molar-refractivity contribution is -0.132. The third kappa shape index (κ3) is 5.16. The van der Waals surface area contributed by atoms with E-state index in [0.717, 1.165) is 0 Å². The van der Waals surface area contributed by atoms with Crippen molar-refractivity contribution in [3.05, 3.63) is 66.5 Å². The van der Waals surface area contributed by atoms with Crippen molar-refractivity contribution in [1.82, 2.24) is 5.32 Å². The van der Waals surface area contributed by atoms with Crippen LogP contribution in [0.1, 0.15) is 38.2 Å². The number of carbonyl (C=O) groups is 1. The molecule has 0 aromatic heterocycles. The van der Waals surface area contributed by atoms with Gasteiger partial charge in [-0.2, -0.15) is 0 Å². The molecule has 3 N–H and O–H groups in total. The number of hydrogen-bond acceptors (Lipinski definition) is 4. The van der Waals surface area contributed by atoms with Gasteiger partial charge in [-0.1, -0.05) is 33.6 Å². The van der Waals surface area contributed by atoms with Crippen LogP contribution in [-0.4, -0.2) is 27.9 Å². The van der Waals surface area contributed by atoms with Crippen LogP contribution in [0.4, 0.5) is 4.39 Å². The molecule has 9 heteroatoms. The first kappa shape index (κ1) is 23.5. The van der Waals surface area contributed by atoms with Gasteiger partial charge in [0.05, 0.1) is 9.51 Å². The van der Waals surface area contributed by atoms with Crippen LogP contribution in [0.5, 0.6) is 0 Å². The number of benzene rings is 1. The van der Waals surface area contributed by atoms with Crippen molar-refractivity contribution in [2.75, 3.05) is 0 Å². The Balaban J connectivity index is 1.73. The van der Waals surface area contributed by atoms with E-state index in [1.165, 1.54) is 12.1 Å². The number of aliphatic hydroxyl groups excluding tert-OH is 1. The van der Waals surface area contributed by atoms with Gasteiger partial charge in [-0.25, -0.2) is 9.18 Å². The summed E-state index contributed by atoms with van der Waals surface area (Å²) in [6.45, 7) is 1.85. The fourth-order valence-electron chi connectivity index (χ4n) is 3.70. The minimum atomic E-state index is -1.07. The summed E-state index contributed by atoms with van der Waals surface area (Å²) in [7, 11) is 0. The SMILES string of the molecule is CC1(NC(O)C2=C(C(=O)O)CCC2)C=C(Br)C(OCc2c(F)cccc2Cl)=C(Br)C1. The van der Waals surface area contributed by atoms with Crippen LogP contribution >= 0.6 is 43.5 Å². The molecule has 3 rings (SSSR count). The lowest BCUT2D eigenvalue weighted by atomic mass is 9.91. The molecule has 1 aromatic rings. The Morgan fingerprint density at radius 3 is 2.77 bits per heavy atom. The Morgan fingerprint density at radius 1 is 1.40 bits per heavy atom. The maximum Gasteiger partial charge on any atom is 0.331 e. The van der Waals surface area contributed by atoms with Gasteiger partial charge in [0.2, 0.25) is 0 Å². The van der Waals surface area contributed by atoms with Gasteiger partial charge in [0.15, 0.2) is 0 Å². The second-order valence-corrected chi connectivity index (χ2v) is 9.74. The number of nitrogens with one attached hydrogen (secondary N) is 1. The first-order chi connectivity index (χ1) is 14.1. The Hall–Kier alpha value is -1.19. The minimum absolute atomic E-state index is 0.0412. The van der Waals surface area contributed by atoms with Crippen LogP contribution in [0.2, 0.25) is 5.02 Å². The van der Waals surface area contributed by atoms with Gasteiger partial charge in [-0.15, -0.1) is 0 Å². The van der Waals surface area contributed by atoms with Crippen molar-refractivity contribution in [1.29, 1.82) is 0 Å². The molecule has 0 aliphatic heterocycles. The molecule has 0 radical (unpaired) electrons. The minimum Gasteiger partial charge on any atom is -0.487 e. The zero-order chi connectivity index (χ0) is 22.1. The molecular weight excluding hydrogens is 544 g/mol. The largest absolute Gasteiger partial charge is 0.487 e. The smallest absolute Gasteiger partial charge is 0.331 e. The van der Waals surface area contributed by atoms with Crippen LogP contribution in [0.15, 0.2) is 50.1 Å². The second-order valence-electron chi connectivity index (χ2n) is 7.52. The normalized spacial score (nSPS) is 22.9. The fourth-order valence-corrected chi connectivity index (χ4v) is 5.95. The van der Waals surface area contributed by atoms with Crippen LogP contribution < -0.4 is 5.32 Å². The van der Waals surface area contributed by atoms with E-state index in [-0.39, 0.29) is 22.8 Å². The number of allylic oxidation sites excluding steroid dienone is 1. The summed E-state index contributed by atoms with van der Waals surface area (Å²) in [6.07, 6.45) is 2.93. The molecule has 0 fully saturated rings. The molecule has 2 atom stereocenters. The first-order valence-corrected chi connectivity index (χ1v) is 11.3. The molecule has 5 nitrogen and oxygen atoms in total. The number of aliphatic hydroxyl groups is 1. The third-order valence-electron chi connectivity index (χ3n) is 5.17. The van der Waals surface area contributed by atoms with Gasteiger partial charge in [0, 0.05) is 27.6 Å². The Labute approximate surface area is 195 Å². The van der Waals surface area contributed by atoms with Crippen molar-refractivity contribution in [3.8, 4) is 0 Å². The standard InChI is InChI=1S/C21H21Br2ClFNO4/c1-21(26-19(27)11-4-2-5-12(11)20(28)29)8-14(22)18(15(23)9-21)30-10-13-16(24)6-3-7-17(13)25/h3,6-8,19,26-27H,2,4-5,9-10H2,1H3,(H,28,29). The van der Waals surface area contributed by atoms with Gasteiger partial charge in [0.25, 0.3) is 0 Å². The Bertz CT molecular complexity index is 942. The van der Waals surface area contributed by atoms with E-state index in [9.17, 15) is 19.4 Å². The monoisotopic (exact) mass is 563 g/mol. The van der Waals surface area contributed by atoms with Gasteiger partial charge in [-0.3, -0.25) is 5.32 Å². The van der Waals surface area contributed by atoms with Crippen LogP contribution in [0.25, 0.3) is 0 Å². The molecule has 0 amide bonds. The molecule has 0 heterocycles. The summed E-state index contributed by atoms with van der Waals surface area (Å²) < 4.78 is 21.1. The molecule has 2 unspecified atom stereocenters. The first-order valence-electron chi connectivity index (χ1n) is 9.35. The topological polar surface area (TPSA) is 78.8 Å². The Kier molecular flexibility index (Phi) is 7.45. The molecule has 0 saturated heterocycles. The third-order valence-corrected chi connectivity index (χ3v) is 6.75. The fraction of sp³-hybridized carbons (Fsp3) is 0.381. The number of hydrogen-bond donors (Lipinski definition) is 3.